The van der Waals surface area contributed by atoms with Crippen LogP contribution in [0.25, 0.3) is 22.3 Å². The summed E-state index contributed by atoms with van der Waals surface area (Å²) in [5.74, 6) is -0.707. The Bertz CT molecular complexity index is 1500. The Labute approximate surface area is 190 Å². The van der Waals surface area contributed by atoms with Crippen LogP contribution in [0.15, 0.2) is 41.2 Å². The second-order valence-electron chi connectivity index (χ2n) is 7.71. The van der Waals surface area contributed by atoms with E-state index in [-0.39, 0.29) is 18.6 Å². The molecule has 3 aromatic rings. The summed E-state index contributed by atoms with van der Waals surface area (Å²) in [5.41, 5.74) is -3.72. The van der Waals surface area contributed by atoms with Gasteiger partial charge in [-0.2, -0.15) is 21.6 Å². The SMILES string of the molecule is CC[C@@]1(O)C(=O)OCc2c1cc1n(c2=O)Cc2cc3ccccc3nc2-1.O=S(=O)(O)C(F)(F)F. The number of ether oxygens (including phenoxy) is 1. The lowest BCUT2D eigenvalue weighted by Crippen LogP contribution is -2.44. The number of alkyl halides is 3. The smallest absolute Gasteiger partial charge is 0.458 e. The van der Waals surface area contributed by atoms with E-state index < -0.39 is 27.2 Å². The first-order valence-electron chi connectivity index (χ1n) is 9.87. The van der Waals surface area contributed by atoms with Crippen molar-refractivity contribution in [3.63, 3.8) is 0 Å². The molecule has 0 bridgehead atoms. The van der Waals surface area contributed by atoms with Gasteiger partial charge in [-0.25, -0.2) is 9.78 Å². The third-order valence-corrected chi connectivity index (χ3v) is 6.29. The number of hydrogen-bond acceptors (Lipinski definition) is 7. The molecule has 0 spiro atoms. The topological polar surface area (TPSA) is 136 Å². The number of halogens is 3. The number of carbonyl (C=O) groups excluding carboxylic acids is 1. The Balaban J connectivity index is 0.000000297. The first-order valence-corrected chi connectivity index (χ1v) is 11.3. The predicted octanol–water partition coefficient (Wildman–Crippen LogP) is 2.47. The summed E-state index contributed by atoms with van der Waals surface area (Å²) in [6.45, 7) is 2.01. The van der Waals surface area contributed by atoms with Gasteiger partial charge in [-0.1, -0.05) is 25.1 Å². The molecule has 2 aliphatic rings. The number of rotatable bonds is 1. The first-order chi connectivity index (χ1) is 15.8. The Morgan fingerprint density at radius 2 is 1.85 bits per heavy atom. The molecule has 9 nitrogen and oxygen atoms in total. The summed E-state index contributed by atoms with van der Waals surface area (Å²) < 4.78 is 64.3. The van der Waals surface area contributed by atoms with Crippen LogP contribution in [0.4, 0.5) is 13.2 Å². The van der Waals surface area contributed by atoms with E-state index in [2.05, 4.69) is 0 Å². The summed E-state index contributed by atoms with van der Waals surface area (Å²) in [5, 5.41) is 11.8. The van der Waals surface area contributed by atoms with Crippen molar-refractivity contribution in [1.82, 2.24) is 9.55 Å². The van der Waals surface area contributed by atoms with Gasteiger partial charge in [0.05, 0.1) is 29.0 Å². The molecule has 180 valence electrons. The highest BCUT2D eigenvalue weighted by Crippen LogP contribution is 2.38. The fraction of sp³-hybridized carbons (Fsp3) is 0.286. The van der Waals surface area contributed by atoms with Gasteiger partial charge >= 0.3 is 21.6 Å². The van der Waals surface area contributed by atoms with Gasteiger partial charge in [0.1, 0.15) is 6.61 Å². The summed E-state index contributed by atoms with van der Waals surface area (Å²) in [7, 11) is -5.84. The average molecular weight is 498 g/mol. The molecule has 1 atom stereocenters. The number of carbonyl (C=O) groups is 1. The van der Waals surface area contributed by atoms with Crippen LogP contribution in [0.2, 0.25) is 0 Å². The molecule has 0 fully saturated rings. The number of nitrogens with zero attached hydrogens (tertiary/aromatic N) is 2. The highest BCUT2D eigenvalue weighted by atomic mass is 32.2. The predicted molar refractivity (Wildman–Crippen MR) is 112 cm³/mol. The number of cyclic esters (lactones) is 1. The van der Waals surface area contributed by atoms with Crippen LogP contribution in [0.3, 0.4) is 0 Å². The van der Waals surface area contributed by atoms with Crippen LogP contribution in [-0.2, 0) is 38.4 Å². The number of hydrogen-bond donors (Lipinski definition) is 2. The lowest BCUT2D eigenvalue weighted by atomic mass is 9.86. The second-order valence-corrected chi connectivity index (χ2v) is 9.13. The Morgan fingerprint density at radius 3 is 2.47 bits per heavy atom. The van der Waals surface area contributed by atoms with Gasteiger partial charge in [0.2, 0.25) is 0 Å². The second kappa shape index (κ2) is 7.89. The first kappa shape index (κ1) is 23.9. The molecule has 0 saturated carbocycles. The van der Waals surface area contributed by atoms with Crippen LogP contribution in [0.1, 0.15) is 30.0 Å². The van der Waals surface area contributed by atoms with Crippen LogP contribution in [-0.4, -0.2) is 39.1 Å². The number of pyridine rings is 2. The quantitative estimate of drug-likeness (QED) is 0.232. The third kappa shape index (κ3) is 3.75. The van der Waals surface area contributed by atoms with E-state index in [0.717, 1.165) is 22.2 Å². The summed E-state index contributed by atoms with van der Waals surface area (Å²) in [6.07, 6.45) is 0.139. The lowest BCUT2D eigenvalue weighted by molar-refractivity contribution is -0.172. The number of esters is 1. The van der Waals surface area contributed by atoms with Gasteiger partial charge in [0.15, 0.2) is 5.60 Å². The van der Waals surface area contributed by atoms with Crippen molar-refractivity contribution in [3.8, 4) is 11.4 Å². The zero-order chi connectivity index (χ0) is 25.1. The van der Waals surface area contributed by atoms with Crippen LogP contribution < -0.4 is 5.56 Å². The molecule has 34 heavy (non-hydrogen) atoms. The minimum absolute atomic E-state index is 0.110. The van der Waals surface area contributed by atoms with E-state index in [1.54, 1.807) is 17.6 Å². The van der Waals surface area contributed by atoms with Crippen LogP contribution in [0.5, 0.6) is 0 Å². The number of fused-ring (bicyclic) bond motifs is 5. The molecule has 5 rings (SSSR count). The zero-order valence-electron chi connectivity index (χ0n) is 17.5. The molecule has 0 unspecified atom stereocenters. The van der Waals surface area contributed by atoms with E-state index in [1.165, 1.54) is 0 Å². The average Bonchev–Trinajstić information content (AvgIpc) is 3.12. The third-order valence-electron chi connectivity index (χ3n) is 5.71. The zero-order valence-corrected chi connectivity index (χ0v) is 18.3. The van der Waals surface area contributed by atoms with Crippen molar-refractivity contribution in [1.29, 1.82) is 0 Å². The van der Waals surface area contributed by atoms with E-state index in [9.17, 15) is 27.9 Å². The summed E-state index contributed by atoms with van der Waals surface area (Å²) >= 11 is 0. The monoisotopic (exact) mass is 498 g/mol. The fourth-order valence-electron chi connectivity index (χ4n) is 3.93. The maximum absolute atomic E-state index is 13.0. The summed E-state index contributed by atoms with van der Waals surface area (Å²) in [4.78, 5) is 29.9. The number of benzene rings is 1. The number of aromatic nitrogens is 2. The number of para-hydroxylation sites is 1. The molecule has 0 aliphatic carbocycles. The molecule has 0 amide bonds. The van der Waals surface area contributed by atoms with Gasteiger partial charge < -0.3 is 14.4 Å². The molecule has 2 N–H and O–H groups in total. The molecule has 0 saturated heterocycles. The van der Waals surface area contributed by atoms with Crippen LogP contribution in [0, 0.1) is 0 Å². The molecule has 0 radical (unpaired) electrons. The minimum atomic E-state index is -5.84. The van der Waals surface area contributed by atoms with E-state index in [4.69, 9.17) is 22.7 Å². The van der Waals surface area contributed by atoms with Gasteiger partial charge in [0.25, 0.3) is 5.56 Å². The van der Waals surface area contributed by atoms with Crippen molar-refractivity contribution < 1.29 is 40.8 Å². The highest BCUT2D eigenvalue weighted by molar-refractivity contribution is 7.86. The van der Waals surface area contributed by atoms with E-state index >= 15 is 0 Å². The van der Waals surface area contributed by atoms with Gasteiger partial charge in [-0.3, -0.25) is 9.35 Å². The Morgan fingerprint density at radius 1 is 1.21 bits per heavy atom. The Kier molecular flexibility index (Phi) is 5.54. The normalized spacial score (nSPS) is 18.9. The van der Waals surface area contributed by atoms with Gasteiger partial charge in [0, 0.05) is 16.5 Å². The van der Waals surface area contributed by atoms with Crippen molar-refractivity contribution in [3.05, 3.63) is 63.4 Å². The molecule has 2 aromatic heterocycles. The number of aliphatic hydroxyl groups is 1. The summed E-state index contributed by atoms with van der Waals surface area (Å²) in [6, 6.07) is 11.6. The maximum atomic E-state index is 13.0. The lowest BCUT2D eigenvalue weighted by Gasteiger charge is -2.31. The Hall–Kier alpha value is -3.29. The van der Waals surface area contributed by atoms with Crippen LogP contribution >= 0.6 is 0 Å². The molecule has 1 aromatic carbocycles. The molecule has 13 heteroatoms. The van der Waals surface area contributed by atoms with Gasteiger partial charge in [-0.15, -0.1) is 0 Å². The van der Waals surface area contributed by atoms with Crippen molar-refractivity contribution >= 4 is 27.0 Å². The standard InChI is InChI=1S/C20H16N2O4.CHF3O3S/c1-2-20(25)14-8-16-17-12(7-11-5-3-4-6-15(11)21-17)9-22(16)18(23)13(14)10-26-19(20)24;2-1(3,4)8(5,6)7/h3-8,25H,2,9-10H2,1H3;(H,5,6,7)/t20-;/m0./s1. The molecular formula is C21H17F3N2O7S. The molecular weight excluding hydrogens is 481 g/mol. The van der Waals surface area contributed by atoms with E-state index in [0.29, 0.717) is 23.4 Å². The maximum Gasteiger partial charge on any atom is 0.522 e. The van der Waals surface area contributed by atoms with Gasteiger partial charge in [-0.05, 0) is 24.6 Å². The highest BCUT2D eigenvalue weighted by Gasteiger charge is 2.45. The van der Waals surface area contributed by atoms with E-state index in [1.807, 2.05) is 30.3 Å². The van der Waals surface area contributed by atoms with Crippen molar-refractivity contribution in [2.75, 3.05) is 0 Å². The fourth-order valence-corrected chi connectivity index (χ4v) is 3.93. The largest absolute Gasteiger partial charge is 0.522 e. The minimum Gasteiger partial charge on any atom is -0.458 e. The molecule has 2 aliphatic heterocycles. The van der Waals surface area contributed by atoms with Crippen molar-refractivity contribution in [2.24, 2.45) is 0 Å². The molecule has 4 heterocycles. The van der Waals surface area contributed by atoms with Crippen molar-refractivity contribution in [2.45, 2.75) is 37.6 Å².